The Balaban J connectivity index is 2.17. The monoisotopic (exact) mass is 232 g/mol. The van der Waals surface area contributed by atoms with E-state index in [0.717, 1.165) is 13.0 Å². The number of nitrogens with zero attached hydrogens (tertiary/aromatic N) is 1. The van der Waals surface area contributed by atoms with Crippen molar-refractivity contribution in [2.75, 3.05) is 27.2 Å². The van der Waals surface area contributed by atoms with E-state index in [0.29, 0.717) is 0 Å². The molecule has 1 aromatic carbocycles. The van der Waals surface area contributed by atoms with Crippen LogP contribution in [0.3, 0.4) is 0 Å². The molecule has 1 aromatic rings. The molecule has 0 amide bonds. The first kappa shape index (κ1) is 12.6. The van der Waals surface area contributed by atoms with Gasteiger partial charge >= 0.3 is 0 Å². The minimum atomic E-state index is 0.263. The highest BCUT2D eigenvalue weighted by molar-refractivity contribution is 5.28. The van der Waals surface area contributed by atoms with Gasteiger partial charge in [0.2, 0.25) is 0 Å². The van der Waals surface area contributed by atoms with E-state index in [9.17, 15) is 0 Å². The average Bonchev–Trinajstić information content (AvgIpc) is 2.32. The second kappa shape index (κ2) is 5.19. The van der Waals surface area contributed by atoms with Gasteiger partial charge in [0.1, 0.15) is 0 Å². The van der Waals surface area contributed by atoms with Crippen molar-refractivity contribution < 1.29 is 0 Å². The van der Waals surface area contributed by atoms with Crippen LogP contribution in [0.5, 0.6) is 0 Å². The number of rotatable bonds is 3. The van der Waals surface area contributed by atoms with Crippen molar-refractivity contribution in [2.45, 2.75) is 31.7 Å². The Labute approximate surface area is 105 Å². The number of hydrogen-bond donors (Lipinski definition) is 1. The first-order chi connectivity index (χ1) is 8.15. The fraction of sp³-hybridized carbons (Fsp3) is 0.600. The van der Waals surface area contributed by atoms with Crippen molar-refractivity contribution in [1.29, 1.82) is 0 Å². The number of likely N-dealkylation sites (N-methyl/N-ethyl adjacent to an activating group) is 2. The lowest BCUT2D eigenvalue weighted by atomic mass is 9.82. The van der Waals surface area contributed by atoms with Crippen molar-refractivity contribution in [3.8, 4) is 0 Å². The number of hydrogen-bond acceptors (Lipinski definition) is 2. The lowest BCUT2D eigenvalue weighted by Gasteiger charge is -2.42. The largest absolute Gasteiger partial charge is 0.313 e. The minimum Gasteiger partial charge on any atom is -0.313 e. The van der Waals surface area contributed by atoms with E-state index in [4.69, 9.17) is 0 Å². The average molecular weight is 232 g/mol. The summed E-state index contributed by atoms with van der Waals surface area (Å²) in [7, 11) is 4.33. The quantitative estimate of drug-likeness (QED) is 0.859. The highest BCUT2D eigenvalue weighted by Crippen LogP contribution is 2.25. The third-order valence-corrected chi connectivity index (χ3v) is 4.09. The Morgan fingerprint density at radius 1 is 1.35 bits per heavy atom. The second-order valence-electron chi connectivity index (χ2n) is 5.47. The summed E-state index contributed by atoms with van der Waals surface area (Å²) in [6.45, 7) is 4.60. The highest BCUT2D eigenvalue weighted by atomic mass is 15.2. The van der Waals surface area contributed by atoms with E-state index in [-0.39, 0.29) is 5.54 Å². The van der Waals surface area contributed by atoms with Crippen LogP contribution in [-0.2, 0) is 6.42 Å². The van der Waals surface area contributed by atoms with Crippen LogP contribution in [0.2, 0.25) is 0 Å². The summed E-state index contributed by atoms with van der Waals surface area (Å²) in [6.07, 6.45) is 3.71. The van der Waals surface area contributed by atoms with Crippen LogP contribution in [-0.4, -0.2) is 37.6 Å². The number of aryl methyl sites for hydroxylation is 1. The van der Waals surface area contributed by atoms with Crippen LogP contribution < -0.4 is 5.32 Å². The van der Waals surface area contributed by atoms with E-state index in [2.05, 4.69) is 55.5 Å². The smallest absolute Gasteiger partial charge is 0.0347 e. The Hall–Kier alpha value is -0.860. The zero-order valence-electron chi connectivity index (χ0n) is 11.3. The molecule has 2 rings (SSSR count). The summed E-state index contributed by atoms with van der Waals surface area (Å²) in [5.74, 6) is 0. The zero-order chi connectivity index (χ0) is 12.3. The van der Waals surface area contributed by atoms with Gasteiger partial charge in [-0.3, -0.25) is 0 Å². The lowest BCUT2D eigenvalue weighted by molar-refractivity contribution is 0.151. The Morgan fingerprint density at radius 3 is 2.76 bits per heavy atom. The molecule has 0 radical (unpaired) electrons. The fourth-order valence-electron chi connectivity index (χ4n) is 2.97. The molecular weight excluding hydrogens is 208 g/mol. The molecular formula is C15H24N2. The lowest BCUT2D eigenvalue weighted by Crippen LogP contribution is -2.56. The van der Waals surface area contributed by atoms with E-state index < -0.39 is 0 Å². The van der Waals surface area contributed by atoms with Crippen molar-refractivity contribution in [3.63, 3.8) is 0 Å². The molecule has 0 aliphatic carbocycles. The number of benzene rings is 1. The summed E-state index contributed by atoms with van der Waals surface area (Å²) in [5, 5.41) is 3.58. The summed E-state index contributed by atoms with van der Waals surface area (Å²) in [6, 6.07) is 8.75. The van der Waals surface area contributed by atoms with Crippen LogP contribution >= 0.6 is 0 Å². The molecule has 1 aliphatic rings. The number of nitrogens with one attached hydrogen (secondary N) is 1. The molecule has 1 unspecified atom stereocenters. The van der Waals surface area contributed by atoms with Crippen LogP contribution in [0.4, 0.5) is 0 Å². The normalized spacial score (nSPS) is 26.1. The van der Waals surface area contributed by atoms with Gasteiger partial charge in [-0.05, 0) is 58.0 Å². The van der Waals surface area contributed by atoms with Gasteiger partial charge in [0.05, 0.1) is 0 Å². The van der Waals surface area contributed by atoms with Gasteiger partial charge < -0.3 is 10.2 Å². The SMILES string of the molecule is CNC1(Cc2ccccc2C)CCCN(C)C1. The van der Waals surface area contributed by atoms with Crippen molar-refractivity contribution in [1.82, 2.24) is 10.2 Å². The van der Waals surface area contributed by atoms with E-state index in [1.807, 2.05) is 0 Å². The predicted octanol–water partition coefficient (Wildman–Crippen LogP) is 2.22. The molecule has 0 spiro atoms. The second-order valence-corrected chi connectivity index (χ2v) is 5.47. The molecule has 0 aromatic heterocycles. The summed E-state index contributed by atoms with van der Waals surface area (Å²) in [5.41, 5.74) is 3.16. The van der Waals surface area contributed by atoms with E-state index in [1.165, 1.54) is 30.5 Å². The minimum absolute atomic E-state index is 0.263. The molecule has 1 fully saturated rings. The summed E-state index contributed by atoms with van der Waals surface area (Å²) >= 11 is 0. The van der Waals surface area contributed by atoms with Crippen LogP contribution in [0, 0.1) is 6.92 Å². The van der Waals surface area contributed by atoms with Gasteiger partial charge in [0.15, 0.2) is 0 Å². The van der Waals surface area contributed by atoms with Crippen LogP contribution in [0.15, 0.2) is 24.3 Å². The molecule has 1 heterocycles. The predicted molar refractivity (Wildman–Crippen MR) is 73.4 cm³/mol. The summed E-state index contributed by atoms with van der Waals surface area (Å²) < 4.78 is 0. The van der Waals surface area contributed by atoms with E-state index >= 15 is 0 Å². The molecule has 0 bridgehead atoms. The zero-order valence-corrected chi connectivity index (χ0v) is 11.3. The van der Waals surface area contributed by atoms with Crippen LogP contribution in [0.25, 0.3) is 0 Å². The standard InChI is InChI=1S/C15H24N2/c1-13-7-4-5-8-14(13)11-15(16-2)9-6-10-17(3)12-15/h4-5,7-8,16H,6,9-12H2,1-3H3. The molecule has 2 nitrogen and oxygen atoms in total. The highest BCUT2D eigenvalue weighted by Gasteiger charge is 2.32. The Kier molecular flexibility index (Phi) is 3.85. The first-order valence-corrected chi connectivity index (χ1v) is 6.57. The van der Waals surface area contributed by atoms with Crippen molar-refractivity contribution in [2.24, 2.45) is 0 Å². The number of piperidine rings is 1. The van der Waals surface area contributed by atoms with Crippen LogP contribution in [0.1, 0.15) is 24.0 Å². The molecule has 1 saturated heterocycles. The maximum Gasteiger partial charge on any atom is 0.0347 e. The van der Waals surface area contributed by atoms with Crippen molar-refractivity contribution >= 4 is 0 Å². The topological polar surface area (TPSA) is 15.3 Å². The molecule has 94 valence electrons. The molecule has 17 heavy (non-hydrogen) atoms. The summed E-state index contributed by atoms with van der Waals surface area (Å²) in [4.78, 5) is 2.44. The maximum atomic E-state index is 3.58. The molecule has 1 N–H and O–H groups in total. The molecule has 1 atom stereocenters. The Bertz CT molecular complexity index is 375. The molecule has 0 saturated carbocycles. The third kappa shape index (κ3) is 2.88. The van der Waals surface area contributed by atoms with Gasteiger partial charge in [-0.1, -0.05) is 24.3 Å². The first-order valence-electron chi connectivity index (χ1n) is 6.57. The molecule has 2 heteroatoms. The molecule has 1 aliphatic heterocycles. The van der Waals surface area contributed by atoms with E-state index in [1.54, 1.807) is 0 Å². The number of likely N-dealkylation sites (tertiary alicyclic amines) is 1. The van der Waals surface area contributed by atoms with Gasteiger partial charge in [0, 0.05) is 12.1 Å². The van der Waals surface area contributed by atoms with Crippen molar-refractivity contribution in [3.05, 3.63) is 35.4 Å². The Morgan fingerprint density at radius 2 is 2.12 bits per heavy atom. The van der Waals surface area contributed by atoms with Gasteiger partial charge in [-0.2, -0.15) is 0 Å². The van der Waals surface area contributed by atoms with Gasteiger partial charge in [-0.25, -0.2) is 0 Å². The fourth-order valence-corrected chi connectivity index (χ4v) is 2.97. The third-order valence-electron chi connectivity index (χ3n) is 4.09. The van der Waals surface area contributed by atoms with Gasteiger partial charge in [-0.15, -0.1) is 0 Å². The van der Waals surface area contributed by atoms with Gasteiger partial charge in [0.25, 0.3) is 0 Å². The maximum absolute atomic E-state index is 3.58.